The zero-order valence-electron chi connectivity index (χ0n) is 12.0. The van der Waals surface area contributed by atoms with Crippen LogP contribution in [0.3, 0.4) is 0 Å². The molecule has 1 aliphatic rings. The molecule has 1 N–H and O–H groups in total. The Kier molecular flexibility index (Phi) is 5.68. The van der Waals surface area contributed by atoms with Crippen LogP contribution in [0.5, 0.6) is 0 Å². The third kappa shape index (κ3) is 4.48. The van der Waals surface area contributed by atoms with Crippen molar-refractivity contribution in [2.75, 3.05) is 20.6 Å². The lowest BCUT2D eigenvalue weighted by Gasteiger charge is -2.34. The fourth-order valence-corrected chi connectivity index (χ4v) is 3.30. The Hall–Kier alpha value is -0.570. The molecule has 1 aromatic rings. The lowest BCUT2D eigenvalue weighted by molar-refractivity contribution is 0.190. The van der Waals surface area contributed by atoms with E-state index in [0.29, 0.717) is 6.04 Å². The number of nitrogens with zero attached hydrogens (tertiary/aromatic N) is 1. The summed E-state index contributed by atoms with van der Waals surface area (Å²) >= 11 is 5.92. The molecule has 19 heavy (non-hydrogen) atoms. The maximum atomic E-state index is 5.92. The van der Waals surface area contributed by atoms with Gasteiger partial charge in [0.15, 0.2) is 0 Å². The van der Waals surface area contributed by atoms with E-state index in [4.69, 9.17) is 11.6 Å². The Morgan fingerprint density at radius 3 is 2.58 bits per heavy atom. The van der Waals surface area contributed by atoms with Gasteiger partial charge in [-0.2, -0.15) is 0 Å². The van der Waals surface area contributed by atoms with Crippen LogP contribution in [-0.2, 0) is 6.54 Å². The Morgan fingerprint density at radius 1 is 1.21 bits per heavy atom. The van der Waals surface area contributed by atoms with E-state index < -0.39 is 0 Å². The first kappa shape index (κ1) is 14.8. The van der Waals surface area contributed by atoms with Crippen molar-refractivity contribution in [3.05, 3.63) is 34.9 Å². The van der Waals surface area contributed by atoms with Gasteiger partial charge in [-0.05, 0) is 50.6 Å². The van der Waals surface area contributed by atoms with Crippen molar-refractivity contribution >= 4 is 11.6 Å². The fraction of sp³-hybridized carbons (Fsp3) is 0.625. The zero-order chi connectivity index (χ0) is 13.7. The van der Waals surface area contributed by atoms with Crippen molar-refractivity contribution in [3.63, 3.8) is 0 Å². The van der Waals surface area contributed by atoms with Gasteiger partial charge in [-0.1, -0.05) is 36.6 Å². The molecule has 1 fully saturated rings. The molecule has 0 spiro atoms. The van der Waals surface area contributed by atoms with Gasteiger partial charge in [0.1, 0.15) is 0 Å². The van der Waals surface area contributed by atoms with Crippen LogP contribution in [0.15, 0.2) is 24.3 Å². The van der Waals surface area contributed by atoms with Crippen LogP contribution in [0.4, 0.5) is 0 Å². The van der Waals surface area contributed by atoms with Gasteiger partial charge in [0.25, 0.3) is 0 Å². The minimum Gasteiger partial charge on any atom is -0.317 e. The van der Waals surface area contributed by atoms with Crippen LogP contribution in [-0.4, -0.2) is 31.6 Å². The van der Waals surface area contributed by atoms with Gasteiger partial charge >= 0.3 is 0 Å². The molecule has 106 valence electrons. The number of halogens is 1. The molecule has 2 nitrogen and oxygen atoms in total. The highest BCUT2D eigenvalue weighted by Crippen LogP contribution is 2.25. The summed E-state index contributed by atoms with van der Waals surface area (Å²) in [6, 6.07) is 8.88. The van der Waals surface area contributed by atoms with E-state index in [0.717, 1.165) is 17.5 Å². The highest BCUT2D eigenvalue weighted by Gasteiger charge is 2.24. The highest BCUT2D eigenvalue weighted by molar-refractivity contribution is 6.30. The Bertz CT molecular complexity index is 377. The van der Waals surface area contributed by atoms with Crippen molar-refractivity contribution in [2.24, 2.45) is 5.92 Å². The van der Waals surface area contributed by atoms with Crippen LogP contribution < -0.4 is 5.32 Å². The van der Waals surface area contributed by atoms with Crippen molar-refractivity contribution < 1.29 is 0 Å². The van der Waals surface area contributed by atoms with Crippen molar-refractivity contribution in [1.29, 1.82) is 0 Å². The molecule has 1 aliphatic carbocycles. The molecule has 0 radical (unpaired) electrons. The average molecular weight is 281 g/mol. The second-order valence-electron chi connectivity index (χ2n) is 5.76. The molecule has 2 unspecified atom stereocenters. The van der Waals surface area contributed by atoms with E-state index in [1.54, 1.807) is 0 Å². The fourth-order valence-electron chi connectivity index (χ4n) is 3.17. The summed E-state index contributed by atoms with van der Waals surface area (Å²) in [7, 11) is 4.32. The van der Waals surface area contributed by atoms with Gasteiger partial charge < -0.3 is 10.2 Å². The molecule has 0 aromatic heterocycles. The van der Waals surface area contributed by atoms with Gasteiger partial charge in [0, 0.05) is 24.2 Å². The van der Waals surface area contributed by atoms with Crippen LogP contribution in [0, 0.1) is 5.92 Å². The molecular formula is C16H25ClN2. The molecule has 3 heteroatoms. The third-order valence-corrected chi connectivity index (χ3v) is 4.44. The second kappa shape index (κ2) is 7.28. The molecule has 1 saturated carbocycles. The number of nitrogens with one attached hydrogen (secondary N) is 1. The zero-order valence-corrected chi connectivity index (χ0v) is 12.8. The van der Waals surface area contributed by atoms with Crippen molar-refractivity contribution in [1.82, 2.24) is 10.2 Å². The van der Waals surface area contributed by atoms with E-state index in [1.165, 1.54) is 37.8 Å². The smallest absolute Gasteiger partial charge is 0.0406 e. The van der Waals surface area contributed by atoms with Gasteiger partial charge in [0.2, 0.25) is 0 Å². The van der Waals surface area contributed by atoms with Crippen LogP contribution in [0.1, 0.15) is 31.2 Å². The number of hydrogen-bond acceptors (Lipinski definition) is 2. The molecule has 0 aliphatic heterocycles. The maximum Gasteiger partial charge on any atom is 0.0406 e. The lowest BCUT2D eigenvalue weighted by atomic mass is 9.84. The van der Waals surface area contributed by atoms with E-state index in [1.807, 2.05) is 12.1 Å². The molecular weight excluding hydrogens is 256 g/mol. The van der Waals surface area contributed by atoms with Crippen molar-refractivity contribution in [3.8, 4) is 0 Å². The Morgan fingerprint density at radius 2 is 1.89 bits per heavy atom. The normalized spacial score (nSPS) is 23.8. The van der Waals surface area contributed by atoms with E-state index in [9.17, 15) is 0 Å². The summed E-state index contributed by atoms with van der Waals surface area (Å²) in [5, 5.41) is 4.30. The van der Waals surface area contributed by atoms with E-state index in [2.05, 4.69) is 36.4 Å². The SMILES string of the molecule is CNC1CCCCC1CN(C)Cc1ccc(Cl)cc1. The molecule has 0 amide bonds. The first-order valence-corrected chi connectivity index (χ1v) is 7.67. The first-order chi connectivity index (χ1) is 9.19. The average Bonchev–Trinajstić information content (AvgIpc) is 2.42. The van der Waals surface area contributed by atoms with Gasteiger partial charge in [-0.25, -0.2) is 0 Å². The quantitative estimate of drug-likeness (QED) is 0.887. The lowest BCUT2D eigenvalue weighted by Crippen LogP contribution is -2.41. The molecule has 1 aromatic carbocycles. The number of hydrogen-bond donors (Lipinski definition) is 1. The van der Waals surface area contributed by atoms with E-state index >= 15 is 0 Å². The van der Waals surface area contributed by atoms with Crippen LogP contribution >= 0.6 is 11.6 Å². The van der Waals surface area contributed by atoms with Crippen LogP contribution in [0.2, 0.25) is 5.02 Å². The molecule has 0 heterocycles. The molecule has 0 bridgehead atoms. The number of benzene rings is 1. The summed E-state index contributed by atoms with van der Waals surface area (Å²) in [6.45, 7) is 2.18. The molecule has 2 rings (SSSR count). The van der Waals surface area contributed by atoms with Gasteiger partial charge in [0.05, 0.1) is 0 Å². The maximum absolute atomic E-state index is 5.92. The second-order valence-corrected chi connectivity index (χ2v) is 6.20. The molecule has 2 atom stereocenters. The summed E-state index contributed by atoms with van der Waals surface area (Å²) in [5.41, 5.74) is 1.34. The predicted molar refractivity (Wildman–Crippen MR) is 82.6 cm³/mol. The standard InChI is InChI=1S/C16H25ClN2/c1-18-16-6-4-3-5-14(16)12-19(2)11-13-7-9-15(17)10-8-13/h7-10,14,16,18H,3-6,11-12H2,1-2H3. The van der Waals surface area contributed by atoms with E-state index in [-0.39, 0.29) is 0 Å². The summed E-state index contributed by atoms with van der Waals surface area (Å²) in [4.78, 5) is 2.43. The van der Waals surface area contributed by atoms with Crippen molar-refractivity contribution in [2.45, 2.75) is 38.3 Å². The topological polar surface area (TPSA) is 15.3 Å². The Balaban J connectivity index is 1.86. The summed E-state index contributed by atoms with van der Waals surface area (Å²) in [5.74, 6) is 0.788. The number of rotatable bonds is 5. The minimum absolute atomic E-state index is 0.696. The predicted octanol–water partition coefficient (Wildman–Crippen LogP) is 3.55. The molecule has 0 saturated heterocycles. The first-order valence-electron chi connectivity index (χ1n) is 7.29. The Labute approximate surface area is 122 Å². The van der Waals surface area contributed by atoms with Crippen LogP contribution in [0.25, 0.3) is 0 Å². The van der Waals surface area contributed by atoms with Gasteiger partial charge in [-0.3, -0.25) is 0 Å². The third-order valence-electron chi connectivity index (χ3n) is 4.19. The van der Waals surface area contributed by atoms with Gasteiger partial charge in [-0.15, -0.1) is 0 Å². The summed E-state index contributed by atoms with van der Waals surface area (Å²) < 4.78 is 0. The minimum atomic E-state index is 0.696. The summed E-state index contributed by atoms with van der Waals surface area (Å²) in [6.07, 6.45) is 5.45. The largest absolute Gasteiger partial charge is 0.317 e. The monoisotopic (exact) mass is 280 g/mol. The highest BCUT2D eigenvalue weighted by atomic mass is 35.5.